The van der Waals surface area contributed by atoms with Gasteiger partial charge in [-0.25, -0.2) is 4.79 Å². The van der Waals surface area contributed by atoms with Crippen LogP contribution in [0.1, 0.15) is 15.9 Å². The number of hydrogen-bond donors (Lipinski definition) is 1. The van der Waals surface area contributed by atoms with E-state index in [9.17, 15) is 4.79 Å². The summed E-state index contributed by atoms with van der Waals surface area (Å²) in [6, 6.07) is 9.05. The Morgan fingerprint density at radius 1 is 1.33 bits per heavy atom. The van der Waals surface area contributed by atoms with Gasteiger partial charge in [0.25, 0.3) is 0 Å². The lowest BCUT2D eigenvalue weighted by Gasteiger charge is -1.99. The number of nitrogens with zero attached hydrogens (tertiary/aromatic N) is 3. The number of hydrogen-bond acceptors (Lipinski definition) is 4. The lowest BCUT2D eigenvalue weighted by atomic mass is 10.2. The fourth-order valence-corrected chi connectivity index (χ4v) is 1.33. The molecule has 0 spiro atoms. The Kier molecular flexibility index (Phi) is 3.38. The molecular weight excluding hydrogens is 232 g/mol. The summed E-state index contributed by atoms with van der Waals surface area (Å²) in [5, 5.41) is 7.45. The first-order valence-electron chi connectivity index (χ1n) is 5.25. The second-order valence-electron chi connectivity index (χ2n) is 3.62. The Hall–Kier alpha value is -2.63. The molecule has 18 heavy (non-hydrogen) atoms. The van der Waals surface area contributed by atoms with Gasteiger partial charge >= 0.3 is 5.97 Å². The molecule has 0 aliphatic heterocycles. The lowest BCUT2D eigenvalue weighted by Crippen LogP contribution is -2.15. The van der Waals surface area contributed by atoms with Crippen molar-refractivity contribution in [3.63, 3.8) is 0 Å². The van der Waals surface area contributed by atoms with Crippen LogP contribution in [0.5, 0.6) is 0 Å². The quantitative estimate of drug-likeness (QED) is 0.376. The topological polar surface area (TPSA) is 82.5 Å². The third-order valence-corrected chi connectivity index (χ3v) is 2.24. The molecule has 2 rings (SSSR count). The van der Waals surface area contributed by atoms with Gasteiger partial charge in [0.1, 0.15) is 0 Å². The average molecular weight is 244 g/mol. The van der Waals surface area contributed by atoms with Gasteiger partial charge in [-0.2, -0.15) is 5.10 Å². The van der Waals surface area contributed by atoms with Gasteiger partial charge in [0.2, 0.25) is 0 Å². The number of oxime groups is 1. The molecule has 2 aromatic rings. The van der Waals surface area contributed by atoms with Gasteiger partial charge < -0.3 is 10.6 Å². The highest BCUT2D eigenvalue weighted by molar-refractivity contribution is 5.98. The van der Waals surface area contributed by atoms with E-state index >= 15 is 0 Å². The summed E-state index contributed by atoms with van der Waals surface area (Å²) in [7, 11) is 1.71. The molecule has 1 aromatic carbocycles. The SMILES string of the molecule is Cn1cc(C(=O)O/N=C(\N)c2ccccc2)cn1. The first-order chi connectivity index (χ1) is 8.66. The van der Waals surface area contributed by atoms with Gasteiger partial charge in [-0.05, 0) is 0 Å². The van der Waals surface area contributed by atoms with E-state index in [1.165, 1.54) is 17.1 Å². The van der Waals surface area contributed by atoms with Gasteiger partial charge in [0.15, 0.2) is 5.84 Å². The summed E-state index contributed by atoms with van der Waals surface area (Å²) in [6.07, 6.45) is 2.94. The molecule has 0 amide bonds. The Balaban J connectivity index is 2.05. The van der Waals surface area contributed by atoms with Crippen molar-refractivity contribution < 1.29 is 9.63 Å². The van der Waals surface area contributed by atoms with Crippen LogP contribution in [-0.4, -0.2) is 21.6 Å². The number of carbonyl (C=O) groups excluding carboxylic acids is 1. The minimum Gasteiger partial charge on any atom is -0.380 e. The molecule has 0 bridgehead atoms. The van der Waals surface area contributed by atoms with E-state index in [1.54, 1.807) is 19.2 Å². The fraction of sp³-hybridized carbons (Fsp3) is 0.0833. The van der Waals surface area contributed by atoms with Crippen LogP contribution in [-0.2, 0) is 11.9 Å². The number of aromatic nitrogens is 2. The summed E-state index contributed by atoms with van der Waals surface area (Å²) in [6.45, 7) is 0. The van der Waals surface area contributed by atoms with Gasteiger partial charge in [-0.3, -0.25) is 4.68 Å². The first kappa shape index (κ1) is 11.8. The molecule has 1 aromatic heterocycles. The molecule has 92 valence electrons. The molecule has 0 unspecified atom stereocenters. The second kappa shape index (κ2) is 5.13. The van der Waals surface area contributed by atoms with Crippen LogP contribution >= 0.6 is 0 Å². The number of carbonyl (C=O) groups is 1. The van der Waals surface area contributed by atoms with Crippen LogP contribution < -0.4 is 5.73 Å². The molecule has 0 atom stereocenters. The van der Waals surface area contributed by atoms with Crippen molar-refractivity contribution in [2.45, 2.75) is 0 Å². The van der Waals surface area contributed by atoms with E-state index in [0.29, 0.717) is 11.1 Å². The van der Waals surface area contributed by atoms with E-state index in [2.05, 4.69) is 10.3 Å². The van der Waals surface area contributed by atoms with Gasteiger partial charge in [0, 0.05) is 18.8 Å². The van der Waals surface area contributed by atoms with E-state index < -0.39 is 5.97 Å². The molecule has 0 fully saturated rings. The predicted octanol–water partition coefficient (Wildman–Crippen LogP) is 0.897. The van der Waals surface area contributed by atoms with Crippen LogP contribution in [0.4, 0.5) is 0 Å². The van der Waals surface area contributed by atoms with Crippen LogP contribution in [0.15, 0.2) is 47.9 Å². The van der Waals surface area contributed by atoms with Crippen molar-refractivity contribution >= 4 is 11.8 Å². The highest BCUT2D eigenvalue weighted by Gasteiger charge is 2.09. The van der Waals surface area contributed by atoms with E-state index in [4.69, 9.17) is 10.6 Å². The van der Waals surface area contributed by atoms with E-state index in [0.717, 1.165) is 0 Å². The van der Waals surface area contributed by atoms with Gasteiger partial charge in [-0.1, -0.05) is 35.5 Å². The highest BCUT2D eigenvalue weighted by atomic mass is 16.7. The van der Waals surface area contributed by atoms with Crippen molar-refractivity contribution in [1.82, 2.24) is 9.78 Å². The van der Waals surface area contributed by atoms with Crippen LogP contribution in [0.2, 0.25) is 0 Å². The number of amidine groups is 1. The van der Waals surface area contributed by atoms with Crippen LogP contribution in [0.3, 0.4) is 0 Å². The molecule has 2 N–H and O–H groups in total. The number of aryl methyl sites for hydroxylation is 1. The summed E-state index contributed by atoms with van der Waals surface area (Å²) < 4.78 is 1.50. The summed E-state index contributed by atoms with van der Waals surface area (Å²) in [5.74, 6) is -0.449. The highest BCUT2D eigenvalue weighted by Crippen LogP contribution is 2.02. The Morgan fingerprint density at radius 2 is 2.06 bits per heavy atom. The van der Waals surface area contributed by atoms with Crippen LogP contribution in [0.25, 0.3) is 0 Å². The van der Waals surface area contributed by atoms with Crippen LogP contribution in [0, 0.1) is 0 Å². The van der Waals surface area contributed by atoms with E-state index in [1.807, 2.05) is 18.2 Å². The maximum absolute atomic E-state index is 11.6. The maximum atomic E-state index is 11.6. The Labute approximate surface area is 104 Å². The van der Waals surface area contributed by atoms with Crippen molar-refractivity contribution in [1.29, 1.82) is 0 Å². The zero-order chi connectivity index (χ0) is 13.0. The smallest absolute Gasteiger partial charge is 0.368 e. The molecule has 0 saturated carbocycles. The molecule has 6 heteroatoms. The zero-order valence-electron chi connectivity index (χ0n) is 9.78. The summed E-state index contributed by atoms with van der Waals surface area (Å²) >= 11 is 0. The Bertz CT molecular complexity index is 575. The van der Waals surface area contributed by atoms with E-state index in [-0.39, 0.29) is 5.84 Å². The molecule has 6 nitrogen and oxygen atoms in total. The fourth-order valence-electron chi connectivity index (χ4n) is 1.33. The summed E-state index contributed by atoms with van der Waals surface area (Å²) in [4.78, 5) is 16.3. The monoisotopic (exact) mass is 244 g/mol. The molecular formula is C12H12N4O2. The minimum atomic E-state index is -0.595. The molecule has 0 saturated heterocycles. The first-order valence-corrected chi connectivity index (χ1v) is 5.25. The molecule has 0 aliphatic rings. The largest absolute Gasteiger partial charge is 0.380 e. The van der Waals surface area contributed by atoms with Gasteiger partial charge in [0.05, 0.1) is 11.8 Å². The van der Waals surface area contributed by atoms with Crippen molar-refractivity contribution in [3.8, 4) is 0 Å². The maximum Gasteiger partial charge on any atom is 0.368 e. The summed E-state index contributed by atoms with van der Waals surface area (Å²) in [5.41, 5.74) is 6.69. The minimum absolute atomic E-state index is 0.146. The second-order valence-corrected chi connectivity index (χ2v) is 3.62. The Morgan fingerprint density at radius 3 is 2.67 bits per heavy atom. The number of rotatable bonds is 3. The van der Waals surface area contributed by atoms with Gasteiger partial charge in [-0.15, -0.1) is 0 Å². The zero-order valence-corrected chi connectivity index (χ0v) is 9.78. The molecule has 0 aliphatic carbocycles. The van der Waals surface area contributed by atoms with Crippen molar-refractivity contribution in [2.75, 3.05) is 0 Å². The number of nitrogens with two attached hydrogens (primary N) is 1. The number of benzene rings is 1. The van der Waals surface area contributed by atoms with Crippen molar-refractivity contribution in [2.24, 2.45) is 17.9 Å². The predicted molar refractivity (Wildman–Crippen MR) is 65.8 cm³/mol. The molecule has 1 heterocycles. The average Bonchev–Trinajstić information content (AvgIpc) is 2.83. The third-order valence-electron chi connectivity index (χ3n) is 2.24. The third kappa shape index (κ3) is 2.73. The van der Waals surface area contributed by atoms with Crippen molar-refractivity contribution in [3.05, 3.63) is 53.9 Å². The normalized spacial score (nSPS) is 11.3. The molecule has 0 radical (unpaired) electrons. The standard InChI is InChI=1S/C12H12N4O2/c1-16-8-10(7-14-16)12(17)18-15-11(13)9-5-3-2-4-6-9/h2-8H,1H3,(H2,13,15). The lowest BCUT2D eigenvalue weighted by molar-refractivity contribution is 0.0516.